The van der Waals surface area contributed by atoms with Gasteiger partial charge >= 0.3 is 6.18 Å². The quantitative estimate of drug-likeness (QED) is 0.244. The minimum atomic E-state index is -4.71. The van der Waals surface area contributed by atoms with Crippen LogP contribution in [0.2, 0.25) is 0 Å². The van der Waals surface area contributed by atoms with Crippen LogP contribution >= 0.6 is 0 Å². The van der Waals surface area contributed by atoms with E-state index in [4.69, 9.17) is 14.2 Å². The average Bonchev–Trinajstić information content (AvgIpc) is 3.40. The van der Waals surface area contributed by atoms with E-state index in [-0.39, 0.29) is 30.0 Å². The fraction of sp³-hybridized carbons (Fsp3) is 0.441. The summed E-state index contributed by atoms with van der Waals surface area (Å²) in [5.74, 6) is 0.517. The monoisotopic (exact) mass is 637 g/mol. The normalized spacial score (nSPS) is 20.5. The Morgan fingerprint density at radius 2 is 1.93 bits per heavy atom. The van der Waals surface area contributed by atoms with Crippen molar-refractivity contribution in [3.8, 4) is 17.4 Å². The second-order valence-electron chi connectivity index (χ2n) is 12.1. The van der Waals surface area contributed by atoms with E-state index < -0.39 is 23.7 Å². The number of rotatable bonds is 8. The number of aromatic nitrogens is 3. The first kappa shape index (κ1) is 31.8. The van der Waals surface area contributed by atoms with Crippen LogP contribution in [0.25, 0.3) is 11.0 Å². The summed E-state index contributed by atoms with van der Waals surface area (Å²) in [6.07, 6.45) is -1.73. The molecule has 0 aliphatic carbocycles. The van der Waals surface area contributed by atoms with Gasteiger partial charge in [-0.15, -0.1) is 0 Å². The number of carbonyl (C=O) groups excluding carboxylic acids is 1. The topological polar surface area (TPSA) is 92.8 Å². The zero-order valence-electron chi connectivity index (χ0n) is 26.4. The molecule has 46 heavy (non-hydrogen) atoms. The van der Waals surface area contributed by atoms with Gasteiger partial charge in [-0.3, -0.25) is 4.79 Å². The van der Waals surface area contributed by atoms with Gasteiger partial charge in [-0.25, -0.2) is 9.97 Å². The van der Waals surface area contributed by atoms with Crippen molar-refractivity contribution in [1.29, 1.82) is 0 Å². The standard InChI is InChI=1S/C34H38F3N5O4/c1-5-44-30-19-41(4)12-10-29(30)46-33-27(34(35,36)37)15-22(18-39-33)16-31(43)42-13-9-23-6-7-24(17-25(23)21(42)3)45-28-8-11-38-32-26(28)14-20(2)40-32/h6-8,11,14-15,17-18,21,29-30H,5,9-10,12-13,16,19H2,1-4H3,(H,38,40)/t21-,29+,30-/m0/s1. The van der Waals surface area contributed by atoms with Crippen LogP contribution in [0.1, 0.15) is 54.3 Å². The molecule has 0 bridgehead atoms. The number of benzene rings is 1. The van der Waals surface area contributed by atoms with Crippen molar-refractivity contribution in [2.75, 3.05) is 33.3 Å². The second-order valence-corrected chi connectivity index (χ2v) is 12.1. The summed E-state index contributed by atoms with van der Waals surface area (Å²) in [4.78, 5) is 28.9. The molecule has 1 aromatic carbocycles. The third-order valence-corrected chi connectivity index (χ3v) is 8.75. The molecule has 0 saturated carbocycles. The highest BCUT2D eigenvalue weighted by molar-refractivity contribution is 5.83. The Morgan fingerprint density at radius 1 is 1.11 bits per heavy atom. The fourth-order valence-electron chi connectivity index (χ4n) is 6.41. The second kappa shape index (κ2) is 12.9. The van der Waals surface area contributed by atoms with Crippen LogP contribution in [0.3, 0.4) is 0 Å². The predicted molar refractivity (Wildman–Crippen MR) is 166 cm³/mol. The van der Waals surface area contributed by atoms with Crippen LogP contribution in [-0.4, -0.2) is 76.2 Å². The summed E-state index contributed by atoms with van der Waals surface area (Å²) >= 11 is 0. The number of likely N-dealkylation sites (tertiary alicyclic amines) is 1. The number of carbonyl (C=O) groups is 1. The molecule has 12 heteroatoms. The van der Waals surface area contributed by atoms with E-state index in [0.717, 1.165) is 33.9 Å². The van der Waals surface area contributed by atoms with Crippen LogP contribution < -0.4 is 9.47 Å². The van der Waals surface area contributed by atoms with Gasteiger partial charge in [0.2, 0.25) is 11.8 Å². The van der Waals surface area contributed by atoms with Gasteiger partial charge in [0, 0.05) is 44.3 Å². The first-order valence-corrected chi connectivity index (χ1v) is 15.6. The zero-order valence-corrected chi connectivity index (χ0v) is 26.4. The molecule has 244 valence electrons. The molecular formula is C34H38F3N5O4. The number of hydrogen-bond donors (Lipinski definition) is 1. The van der Waals surface area contributed by atoms with E-state index in [9.17, 15) is 18.0 Å². The number of aryl methyl sites for hydroxylation is 1. The number of alkyl halides is 3. The summed E-state index contributed by atoms with van der Waals surface area (Å²) < 4.78 is 60.5. The highest BCUT2D eigenvalue weighted by atomic mass is 19.4. The van der Waals surface area contributed by atoms with E-state index in [1.54, 1.807) is 17.2 Å². The molecule has 1 saturated heterocycles. The Hall–Kier alpha value is -4.16. The van der Waals surface area contributed by atoms with Gasteiger partial charge in [-0.1, -0.05) is 6.07 Å². The molecular weight excluding hydrogens is 599 g/mol. The van der Waals surface area contributed by atoms with Crippen LogP contribution in [0.15, 0.2) is 48.8 Å². The third kappa shape index (κ3) is 6.68. The predicted octanol–water partition coefficient (Wildman–Crippen LogP) is 6.25. The summed E-state index contributed by atoms with van der Waals surface area (Å²) in [6, 6.07) is 10.3. The number of nitrogens with one attached hydrogen (secondary N) is 1. The molecule has 4 aromatic rings. The summed E-state index contributed by atoms with van der Waals surface area (Å²) in [7, 11) is 1.94. The number of H-pyrrole nitrogens is 1. The highest BCUT2D eigenvalue weighted by Gasteiger charge is 2.39. The number of amides is 1. The van der Waals surface area contributed by atoms with Gasteiger partial charge in [0.15, 0.2) is 0 Å². The number of halogens is 3. The number of nitrogens with zero attached hydrogens (tertiary/aromatic N) is 4. The minimum absolute atomic E-state index is 0.174. The third-order valence-electron chi connectivity index (χ3n) is 8.75. The summed E-state index contributed by atoms with van der Waals surface area (Å²) in [5.41, 5.74) is 2.92. The van der Waals surface area contributed by atoms with Gasteiger partial charge in [0.1, 0.15) is 34.9 Å². The molecule has 2 aliphatic heterocycles. The molecule has 2 aliphatic rings. The van der Waals surface area contributed by atoms with Crippen LogP contribution in [-0.2, 0) is 28.5 Å². The lowest BCUT2D eigenvalue weighted by atomic mass is 9.92. The summed E-state index contributed by atoms with van der Waals surface area (Å²) in [5, 5.41) is 0.867. The molecule has 0 radical (unpaired) electrons. The molecule has 1 amide bonds. The molecule has 1 N–H and O–H groups in total. The molecule has 0 unspecified atom stereocenters. The minimum Gasteiger partial charge on any atom is -0.471 e. The SMILES string of the molecule is CCO[C@H]1CN(C)CC[C@H]1Oc1ncc(CC(=O)N2CCc3ccc(Oc4ccnc5[nH]c(C)cc45)cc3[C@@H]2C)cc1C(F)(F)F. The fourth-order valence-corrected chi connectivity index (χ4v) is 6.41. The lowest BCUT2D eigenvalue weighted by molar-refractivity contribution is -0.141. The maximum absolute atomic E-state index is 14.2. The van der Waals surface area contributed by atoms with E-state index in [1.807, 2.05) is 52.1 Å². The number of aromatic amines is 1. The molecule has 9 nitrogen and oxygen atoms in total. The molecule has 5 heterocycles. The van der Waals surface area contributed by atoms with Crippen molar-refractivity contribution < 1.29 is 32.2 Å². The van der Waals surface area contributed by atoms with Crippen molar-refractivity contribution in [3.05, 3.63) is 76.7 Å². The average molecular weight is 638 g/mol. The molecule has 3 atom stereocenters. The van der Waals surface area contributed by atoms with Crippen molar-refractivity contribution >= 4 is 16.9 Å². The van der Waals surface area contributed by atoms with Crippen molar-refractivity contribution in [2.45, 2.75) is 64.5 Å². The van der Waals surface area contributed by atoms with Gasteiger partial charge in [0.25, 0.3) is 0 Å². The maximum atomic E-state index is 14.2. The number of piperidine rings is 1. The van der Waals surface area contributed by atoms with Crippen molar-refractivity contribution in [2.24, 2.45) is 0 Å². The maximum Gasteiger partial charge on any atom is 0.421 e. The van der Waals surface area contributed by atoms with Gasteiger partial charge in [-0.05, 0) is 87.7 Å². The van der Waals surface area contributed by atoms with Crippen LogP contribution in [0, 0.1) is 6.92 Å². The van der Waals surface area contributed by atoms with E-state index in [2.05, 4.69) is 19.9 Å². The van der Waals surface area contributed by atoms with Crippen molar-refractivity contribution in [3.63, 3.8) is 0 Å². The Morgan fingerprint density at radius 3 is 2.72 bits per heavy atom. The molecule has 1 fully saturated rings. The number of likely N-dealkylation sites (N-methyl/N-ethyl adjacent to an activating group) is 1. The van der Waals surface area contributed by atoms with Crippen LogP contribution in [0.4, 0.5) is 13.2 Å². The first-order valence-electron chi connectivity index (χ1n) is 15.6. The van der Waals surface area contributed by atoms with Gasteiger partial charge in [0.05, 0.1) is 17.8 Å². The number of pyridine rings is 2. The lowest BCUT2D eigenvalue weighted by Crippen LogP contribution is -2.49. The smallest absolute Gasteiger partial charge is 0.421 e. The van der Waals surface area contributed by atoms with Gasteiger partial charge < -0.3 is 29.0 Å². The Kier molecular flexibility index (Phi) is 8.93. The summed E-state index contributed by atoms with van der Waals surface area (Å²) in [6.45, 7) is 7.82. The van der Waals surface area contributed by atoms with Gasteiger partial charge in [-0.2, -0.15) is 13.2 Å². The Labute approximate surface area is 265 Å². The van der Waals surface area contributed by atoms with Crippen molar-refractivity contribution in [1.82, 2.24) is 24.8 Å². The number of fused-ring (bicyclic) bond motifs is 2. The Bertz CT molecular complexity index is 1720. The Balaban J connectivity index is 1.18. The molecule has 0 spiro atoms. The lowest BCUT2D eigenvalue weighted by Gasteiger charge is -2.36. The number of hydrogen-bond acceptors (Lipinski definition) is 7. The molecule has 6 rings (SSSR count). The highest BCUT2D eigenvalue weighted by Crippen LogP contribution is 2.38. The van der Waals surface area contributed by atoms with E-state index in [1.165, 1.54) is 6.20 Å². The van der Waals surface area contributed by atoms with E-state index in [0.29, 0.717) is 50.6 Å². The number of ether oxygens (including phenoxy) is 3. The van der Waals surface area contributed by atoms with E-state index >= 15 is 0 Å². The largest absolute Gasteiger partial charge is 0.471 e. The van der Waals surface area contributed by atoms with Crippen LogP contribution in [0.5, 0.6) is 17.4 Å². The molecule has 3 aromatic heterocycles. The first-order chi connectivity index (χ1) is 22.0. The zero-order chi connectivity index (χ0) is 32.6.